The van der Waals surface area contributed by atoms with Crippen LogP contribution < -0.4 is 4.74 Å². The van der Waals surface area contributed by atoms with Crippen molar-refractivity contribution in [2.75, 3.05) is 26.5 Å². The van der Waals surface area contributed by atoms with E-state index >= 15 is 0 Å². The average molecular weight is 311 g/mol. The molecule has 6 heteroatoms. The van der Waals surface area contributed by atoms with Gasteiger partial charge in [-0.2, -0.15) is 0 Å². The predicted octanol–water partition coefficient (Wildman–Crippen LogP) is 2.36. The van der Waals surface area contributed by atoms with Crippen LogP contribution in [0.4, 0.5) is 0 Å². The summed E-state index contributed by atoms with van der Waals surface area (Å²) in [5.74, 6) is -0.00545. The Balaban J connectivity index is 2.33. The van der Waals surface area contributed by atoms with Gasteiger partial charge in [0.25, 0.3) is 0 Å². The molecule has 0 fully saturated rings. The van der Waals surface area contributed by atoms with Crippen LogP contribution in [-0.2, 0) is 9.59 Å². The zero-order valence-corrected chi connectivity index (χ0v) is 13.4. The highest BCUT2D eigenvalue weighted by Gasteiger charge is 2.17. The second-order valence-electron chi connectivity index (χ2n) is 4.79. The van der Waals surface area contributed by atoms with Gasteiger partial charge in [0.05, 0.1) is 13.0 Å². The van der Waals surface area contributed by atoms with E-state index in [1.807, 2.05) is 24.3 Å². The summed E-state index contributed by atoms with van der Waals surface area (Å²) in [5, 5.41) is 8.83. The molecule has 0 aromatic heterocycles. The van der Waals surface area contributed by atoms with Crippen molar-refractivity contribution in [3.05, 3.63) is 24.3 Å². The first-order chi connectivity index (χ1) is 9.93. The molecule has 0 saturated carbocycles. The van der Waals surface area contributed by atoms with Gasteiger partial charge in [-0.15, -0.1) is 11.8 Å². The Morgan fingerprint density at radius 3 is 2.48 bits per heavy atom. The molecule has 1 rings (SSSR count). The third-order valence-electron chi connectivity index (χ3n) is 3.04. The molecule has 0 aliphatic heterocycles. The SMILES string of the molecule is COc1ccc(SCCC(=O)N(C)CC(C)C(=O)O)cc1. The van der Waals surface area contributed by atoms with Crippen LogP contribution in [0.25, 0.3) is 0 Å². The Bertz CT molecular complexity index is 475. The van der Waals surface area contributed by atoms with Gasteiger partial charge in [0.15, 0.2) is 0 Å². The van der Waals surface area contributed by atoms with Gasteiger partial charge in [0.1, 0.15) is 5.75 Å². The van der Waals surface area contributed by atoms with E-state index < -0.39 is 11.9 Å². The van der Waals surface area contributed by atoms with Crippen molar-refractivity contribution in [3.63, 3.8) is 0 Å². The van der Waals surface area contributed by atoms with Gasteiger partial charge in [-0.25, -0.2) is 0 Å². The zero-order chi connectivity index (χ0) is 15.8. The number of methoxy groups -OCH3 is 1. The van der Waals surface area contributed by atoms with E-state index in [-0.39, 0.29) is 12.5 Å². The number of nitrogens with zero attached hydrogens (tertiary/aromatic N) is 1. The maximum Gasteiger partial charge on any atom is 0.308 e. The van der Waals surface area contributed by atoms with Crippen molar-refractivity contribution >= 4 is 23.6 Å². The Labute approximate surface area is 129 Å². The number of aliphatic carboxylic acids is 1. The van der Waals surface area contributed by atoms with Gasteiger partial charge in [-0.05, 0) is 24.3 Å². The number of hydrogen-bond acceptors (Lipinski definition) is 4. The third-order valence-corrected chi connectivity index (χ3v) is 4.05. The highest BCUT2D eigenvalue weighted by molar-refractivity contribution is 7.99. The summed E-state index contributed by atoms with van der Waals surface area (Å²) in [6.07, 6.45) is 0.388. The molecule has 5 nitrogen and oxygen atoms in total. The second kappa shape index (κ2) is 8.56. The van der Waals surface area contributed by atoms with Gasteiger partial charge in [-0.3, -0.25) is 9.59 Å². The molecule has 21 heavy (non-hydrogen) atoms. The Morgan fingerprint density at radius 2 is 1.95 bits per heavy atom. The minimum Gasteiger partial charge on any atom is -0.497 e. The number of ether oxygens (including phenoxy) is 1. The molecule has 0 aliphatic rings. The minimum atomic E-state index is -0.887. The fourth-order valence-electron chi connectivity index (χ4n) is 1.71. The lowest BCUT2D eigenvalue weighted by molar-refractivity contribution is -0.142. The molecule has 1 atom stereocenters. The fourth-order valence-corrected chi connectivity index (χ4v) is 2.55. The molecule has 0 aliphatic carbocycles. The molecule has 0 spiro atoms. The number of carbonyl (C=O) groups is 2. The first kappa shape index (κ1) is 17.4. The van der Waals surface area contributed by atoms with Crippen molar-refractivity contribution < 1.29 is 19.4 Å². The van der Waals surface area contributed by atoms with Crippen LogP contribution in [0, 0.1) is 5.92 Å². The van der Waals surface area contributed by atoms with Crippen LogP contribution in [0.15, 0.2) is 29.2 Å². The molecular formula is C15H21NO4S. The number of carboxylic acids is 1. The molecule has 0 bridgehead atoms. The number of benzene rings is 1. The molecule has 1 aromatic carbocycles. The number of amides is 1. The first-order valence-electron chi connectivity index (χ1n) is 6.67. The van der Waals surface area contributed by atoms with Gasteiger partial charge in [0.2, 0.25) is 5.91 Å². The summed E-state index contributed by atoms with van der Waals surface area (Å²) in [6.45, 7) is 1.83. The number of carbonyl (C=O) groups excluding carboxylic acids is 1. The summed E-state index contributed by atoms with van der Waals surface area (Å²) in [7, 11) is 3.26. The van der Waals surface area contributed by atoms with Crippen molar-refractivity contribution in [1.29, 1.82) is 0 Å². The summed E-state index contributed by atoms with van der Waals surface area (Å²) in [5.41, 5.74) is 0. The second-order valence-corrected chi connectivity index (χ2v) is 5.96. The quantitative estimate of drug-likeness (QED) is 0.747. The summed E-state index contributed by atoms with van der Waals surface area (Å²) in [4.78, 5) is 25.2. The zero-order valence-electron chi connectivity index (χ0n) is 12.5. The average Bonchev–Trinajstić information content (AvgIpc) is 2.47. The lowest BCUT2D eigenvalue weighted by Crippen LogP contribution is -2.33. The number of hydrogen-bond donors (Lipinski definition) is 1. The van der Waals surface area contributed by atoms with Crippen LogP contribution in [-0.4, -0.2) is 48.3 Å². The minimum absolute atomic E-state index is 0.0379. The summed E-state index contributed by atoms with van der Waals surface area (Å²) in [6, 6.07) is 7.66. The maximum absolute atomic E-state index is 11.9. The summed E-state index contributed by atoms with van der Waals surface area (Å²) < 4.78 is 5.08. The molecule has 1 N–H and O–H groups in total. The van der Waals surface area contributed by atoms with Crippen LogP contribution in [0.5, 0.6) is 5.75 Å². The topological polar surface area (TPSA) is 66.8 Å². The van der Waals surface area contributed by atoms with Crippen molar-refractivity contribution in [1.82, 2.24) is 4.90 Å². The molecule has 1 unspecified atom stereocenters. The van der Waals surface area contributed by atoms with E-state index in [1.54, 1.807) is 32.8 Å². The Morgan fingerprint density at radius 1 is 1.33 bits per heavy atom. The lowest BCUT2D eigenvalue weighted by atomic mass is 10.2. The predicted molar refractivity (Wildman–Crippen MR) is 82.8 cm³/mol. The standard InChI is InChI=1S/C15H21NO4S/c1-11(15(18)19)10-16(2)14(17)8-9-21-13-6-4-12(20-3)5-7-13/h4-7,11H,8-10H2,1-3H3,(H,18,19). The van der Waals surface area contributed by atoms with Crippen molar-refractivity contribution in [3.8, 4) is 5.75 Å². The molecule has 0 saturated heterocycles. The molecule has 116 valence electrons. The molecule has 1 aromatic rings. The highest BCUT2D eigenvalue weighted by atomic mass is 32.2. The third kappa shape index (κ3) is 6.08. The number of rotatable bonds is 8. The monoisotopic (exact) mass is 311 g/mol. The van der Waals surface area contributed by atoms with Crippen molar-refractivity contribution in [2.24, 2.45) is 5.92 Å². The Kier molecular flexibility index (Phi) is 7.08. The molecule has 0 heterocycles. The normalized spacial score (nSPS) is 11.8. The Hall–Kier alpha value is -1.69. The largest absolute Gasteiger partial charge is 0.497 e. The van der Waals surface area contributed by atoms with Gasteiger partial charge < -0.3 is 14.7 Å². The van der Waals surface area contributed by atoms with E-state index in [0.29, 0.717) is 12.2 Å². The van der Waals surface area contributed by atoms with Crippen LogP contribution in [0.2, 0.25) is 0 Å². The van der Waals surface area contributed by atoms with Crippen LogP contribution in [0.1, 0.15) is 13.3 Å². The maximum atomic E-state index is 11.9. The fraction of sp³-hybridized carbons (Fsp3) is 0.467. The number of carboxylic acid groups (broad SMARTS) is 1. The van der Waals surface area contributed by atoms with Crippen molar-refractivity contribution in [2.45, 2.75) is 18.2 Å². The van der Waals surface area contributed by atoms with Gasteiger partial charge in [-0.1, -0.05) is 6.92 Å². The van der Waals surface area contributed by atoms with E-state index in [2.05, 4.69) is 0 Å². The highest BCUT2D eigenvalue weighted by Crippen LogP contribution is 2.22. The smallest absolute Gasteiger partial charge is 0.308 e. The van der Waals surface area contributed by atoms with E-state index in [1.165, 1.54) is 4.90 Å². The first-order valence-corrected chi connectivity index (χ1v) is 7.66. The van der Waals surface area contributed by atoms with Gasteiger partial charge >= 0.3 is 5.97 Å². The van der Waals surface area contributed by atoms with E-state index in [9.17, 15) is 9.59 Å². The van der Waals surface area contributed by atoms with E-state index in [4.69, 9.17) is 9.84 Å². The molecule has 0 radical (unpaired) electrons. The number of thioether (sulfide) groups is 1. The van der Waals surface area contributed by atoms with E-state index in [0.717, 1.165) is 10.6 Å². The summed E-state index contributed by atoms with van der Waals surface area (Å²) >= 11 is 1.59. The lowest BCUT2D eigenvalue weighted by Gasteiger charge is -2.19. The molecular weight excluding hydrogens is 290 g/mol. The van der Waals surface area contributed by atoms with Gasteiger partial charge in [0, 0.05) is 30.7 Å². The van der Waals surface area contributed by atoms with Crippen LogP contribution >= 0.6 is 11.8 Å². The molecule has 1 amide bonds. The van der Waals surface area contributed by atoms with Crippen LogP contribution in [0.3, 0.4) is 0 Å².